The lowest BCUT2D eigenvalue weighted by molar-refractivity contribution is 0.0730. The van der Waals surface area contributed by atoms with E-state index in [0.717, 1.165) is 17.1 Å². The molecule has 0 unspecified atom stereocenters. The number of anilines is 1. The minimum atomic E-state index is -3.91. The summed E-state index contributed by atoms with van der Waals surface area (Å²) < 4.78 is 62.0. The van der Waals surface area contributed by atoms with Gasteiger partial charge in [-0.15, -0.1) is 0 Å². The molecule has 0 atom stereocenters. The monoisotopic (exact) mass is 476 g/mol. The Hall–Kier alpha value is -2.73. The molecule has 2 heterocycles. The van der Waals surface area contributed by atoms with E-state index in [4.69, 9.17) is 4.74 Å². The predicted molar refractivity (Wildman–Crippen MR) is 120 cm³/mol. The van der Waals surface area contributed by atoms with E-state index in [0.29, 0.717) is 18.9 Å². The van der Waals surface area contributed by atoms with E-state index in [-0.39, 0.29) is 22.9 Å². The highest BCUT2D eigenvalue weighted by Crippen LogP contribution is 2.23. The second kappa shape index (κ2) is 8.66. The Labute approximate surface area is 187 Å². The zero-order valence-corrected chi connectivity index (χ0v) is 19.4. The molecule has 0 bridgehead atoms. The Morgan fingerprint density at radius 3 is 2.19 bits per heavy atom. The summed E-state index contributed by atoms with van der Waals surface area (Å²) in [6.45, 7) is 5.03. The molecule has 1 N–H and O–H groups in total. The van der Waals surface area contributed by atoms with Crippen molar-refractivity contribution in [2.24, 2.45) is 0 Å². The molecule has 4 rings (SSSR count). The van der Waals surface area contributed by atoms with E-state index in [1.807, 2.05) is 26.0 Å². The molecule has 1 aromatic heterocycles. The fraction of sp³-hybridized carbons (Fsp3) is 0.286. The second-order valence-electron chi connectivity index (χ2n) is 7.48. The summed E-state index contributed by atoms with van der Waals surface area (Å²) in [4.78, 5) is 0.0137. The van der Waals surface area contributed by atoms with Crippen molar-refractivity contribution in [3.05, 3.63) is 66.0 Å². The molecule has 0 saturated carbocycles. The van der Waals surface area contributed by atoms with Crippen molar-refractivity contribution in [3.8, 4) is 5.69 Å². The van der Waals surface area contributed by atoms with E-state index in [1.54, 1.807) is 22.9 Å². The molecule has 9 nitrogen and oxygen atoms in total. The highest BCUT2D eigenvalue weighted by Gasteiger charge is 2.27. The molecule has 2 aromatic carbocycles. The first-order valence-electron chi connectivity index (χ1n) is 10.0. The van der Waals surface area contributed by atoms with Crippen LogP contribution in [0.2, 0.25) is 0 Å². The maximum Gasteiger partial charge on any atom is 0.261 e. The van der Waals surface area contributed by atoms with Gasteiger partial charge in [0.05, 0.1) is 40.1 Å². The molecule has 0 radical (unpaired) electrons. The molecule has 1 fully saturated rings. The summed E-state index contributed by atoms with van der Waals surface area (Å²) in [6, 6.07) is 14.0. The normalized spacial score (nSPS) is 15.6. The summed E-state index contributed by atoms with van der Waals surface area (Å²) in [5.41, 5.74) is 2.89. The van der Waals surface area contributed by atoms with Crippen molar-refractivity contribution in [2.45, 2.75) is 23.6 Å². The first kappa shape index (κ1) is 22.5. The number of rotatable bonds is 6. The number of nitrogens with zero attached hydrogens (tertiary/aromatic N) is 3. The zero-order valence-electron chi connectivity index (χ0n) is 17.7. The second-order valence-corrected chi connectivity index (χ2v) is 11.1. The Morgan fingerprint density at radius 1 is 0.906 bits per heavy atom. The molecule has 32 heavy (non-hydrogen) atoms. The van der Waals surface area contributed by atoms with Crippen LogP contribution >= 0.6 is 0 Å². The minimum absolute atomic E-state index is 0.0325. The number of hydrogen-bond acceptors (Lipinski definition) is 6. The Bertz CT molecular complexity index is 1330. The molecule has 0 aliphatic carbocycles. The van der Waals surface area contributed by atoms with Crippen LogP contribution in [-0.2, 0) is 24.8 Å². The Kier molecular flexibility index (Phi) is 6.08. The quantitative estimate of drug-likeness (QED) is 0.585. The average Bonchev–Trinajstić information content (AvgIpc) is 3.12. The van der Waals surface area contributed by atoms with Gasteiger partial charge in [0.25, 0.3) is 10.0 Å². The maximum atomic E-state index is 12.9. The van der Waals surface area contributed by atoms with Crippen molar-refractivity contribution < 1.29 is 21.6 Å². The maximum absolute atomic E-state index is 12.9. The largest absolute Gasteiger partial charge is 0.379 e. The van der Waals surface area contributed by atoms with Gasteiger partial charge in [-0.3, -0.25) is 4.72 Å². The molecule has 1 saturated heterocycles. The van der Waals surface area contributed by atoms with Crippen LogP contribution in [0.3, 0.4) is 0 Å². The highest BCUT2D eigenvalue weighted by atomic mass is 32.2. The predicted octanol–water partition coefficient (Wildman–Crippen LogP) is 2.31. The number of aryl methyl sites for hydroxylation is 2. The van der Waals surface area contributed by atoms with E-state index in [2.05, 4.69) is 9.82 Å². The van der Waals surface area contributed by atoms with E-state index in [1.165, 1.54) is 28.6 Å². The van der Waals surface area contributed by atoms with Crippen LogP contribution in [0.5, 0.6) is 0 Å². The van der Waals surface area contributed by atoms with E-state index >= 15 is 0 Å². The third kappa shape index (κ3) is 4.56. The summed E-state index contributed by atoms with van der Waals surface area (Å²) in [5.74, 6) is 0. The van der Waals surface area contributed by atoms with Crippen LogP contribution in [0.15, 0.2) is 64.4 Å². The van der Waals surface area contributed by atoms with Crippen LogP contribution in [-0.4, -0.2) is 57.2 Å². The fourth-order valence-corrected chi connectivity index (χ4v) is 5.99. The van der Waals surface area contributed by atoms with Gasteiger partial charge in [0.15, 0.2) is 0 Å². The fourth-order valence-electron chi connectivity index (χ4n) is 3.53. The van der Waals surface area contributed by atoms with Gasteiger partial charge in [0.2, 0.25) is 10.0 Å². The van der Waals surface area contributed by atoms with Crippen molar-refractivity contribution in [3.63, 3.8) is 0 Å². The molecule has 0 spiro atoms. The molecule has 1 aliphatic rings. The molecule has 11 heteroatoms. The van der Waals surface area contributed by atoms with Gasteiger partial charge in [-0.1, -0.05) is 6.07 Å². The molecular formula is C21H24N4O5S2. The average molecular weight is 477 g/mol. The third-order valence-electron chi connectivity index (χ3n) is 5.09. The number of morpholine rings is 1. The Balaban J connectivity index is 1.55. The molecule has 170 valence electrons. The number of benzene rings is 2. The summed E-state index contributed by atoms with van der Waals surface area (Å²) in [5, 5.41) is 4.42. The number of ether oxygens (including phenoxy) is 1. The molecule has 0 amide bonds. The highest BCUT2D eigenvalue weighted by molar-refractivity contribution is 7.92. The number of nitrogens with one attached hydrogen (secondary N) is 1. The van der Waals surface area contributed by atoms with Crippen LogP contribution in [0, 0.1) is 13.8 Å². The van der Waals surface area contributed by atoms with Gasteiger partial charge in [0, 0.05) is 18.8 Å². The lowest BCUT2D eigenvalue weighted by atomic mass is 10.3. The number of sulfonamides is 2. The Morgan fingerprint density at radius 2 is 1.56 bits per heavy atom. The lowest BCUT2D eigenvalue weighted by Gasteiger charge is -2.26. The van der Waals surface area contributed by atoms with Gasteiger partial charge in [-0.05, 0) is 62.4 Å². The van der Waals surface area contributed by atoms with Gasteiger partial charge < -0.3 is 4.74 Å². The van der Waals surface area contributed by atoms with E-state index in [9.17, 15) is 16.8 Å². The number of hydrogen-bond donors (Lipinski definition) is 1. The van der Waals surface area contributed by atoms with Crippen molar-refractivity contribution in [2.75, 3.05) is 31.0 Å². The summed E-state index contributed by atoms with van der Waals surface area (Å²) in [6.07, 6.45) is 0. The van der Waals surface area contributed by atoms with Crippen LogP contribution in [0.4, 0.5) is 5.69 Å². The number of aromatic nitrogens is 2. The van der Waals surface area contributed by atoms with Crippen LogP contribution in [0.25, 0.3) is 5.69 Å². The molecule has 1 aliphatic heterocycles. The van der Waals surface area contributed by atoms with Crippen molar-refractivity contribution in [1.82, 2.24) is 14.1 Å². The zero-order chi connectivity index (χ0) is 22.9. The third-order valence-corrected chi connectivity index (χ3v) is 8.40. The first-order valence-corrected chi connectivity index (χ1v) is 12.9. The smallest absolute Gasteiger partial charge is 0.261 e. The van der Waals surface area contributed by atoms with Gasteiger partial charge in [-0.2, -0.15) is 9.40 Å². The van der Waals surface area contributed by atoms with Gasteiger partial charge in [0.1, 0.15) is 0 Å². The molecule has 3 aromatic rings. The van der Waals surface area contributed by atoms with E-state index < -0.39 is 20.0 Å². The van der Waals surface area contributed by atoms with Crippen molar-refractivity contribution in [1.29, 1.82) is 0 Å². The summed E-state index contributed by atoms with van der Waals surface area (Å²) in [7, 11) is -7.61. The lowest BCUT2D eigenvalue weighted by Crippen LogP contribution is -2.40. The van der Waals surface area contributed by atoms with Crippen LogP contribution < -0.4 is 4.72 Å². The van der Waals surface area contributed by atoms with Gasteiger partial charge >= 0.3 is 0 Å². The standard InChI is InChI=1S/C21H24N4O5S2/c1-16-14-17(2)25(22-16)19-5-3-4-18(15-19)23-31(26,27)20-6-8-21(9-7-20)32(28,29)24-10-12-30-13-11-24/h3-9,14-15,23H,10-13H2,1-2H3. The topological polar surface area (TPSA) is 111 Å². The molecular weight excluding hydrogens is 452 g/mol. The summed E-state index contributed by atoms with van der Waals surface area (Å²) >= 11 is 0. The first-order chi connectivity index (χ1) is 15.2. The minimum Gasteiger partial charge on any atom is -0.379 e. The van der Waals surface area contributed by atoms with Crippen molar-refractivity contribution >= 4 is 25.7 Å². The van der Waals surface area contributed by atoms with Crippen LogP contribution in [0.1, 0.15) is 11.4 Å². The SMILES string of the molecule is Cc1cc(C)n(-c2cccc(NS(=O)(=O)c3ccc(S(=O)(=O)N4CCOCC4)cc3)c2)n1. The van der Waals surface area contributed by atoms with Gasteiger partial charge in [-0.25, -0.2) is 21.5 Å².